The number of aromatic nitrogens is 6. The van der Waals surface area contributed by atoms with E-state index in [4.69, 9.17) is 9.97 Å². The van der Waals surface area contributed by atoms with Crippen LogP contribution in [-0.2, 0) is 0 Å². The van der Waals surface area contributed by atoms with Crippen LogP contribution in [-0.4, -0.2) is 41.4 Å². The van der Waals surface area contributed by atoms with Crippen molar-refractivity contribution in [3.8, 4) is 45.6 Å². The number of nitrogens with zero attached hydrogens (tertiary/aromatic N) is 6. The lowest BCUT2D eigenvalue weighted by Crippen LogP contribution is -1.93. The maximum atomic E-state index is 4.88. The molecule has 6 aromatic rings. The third-order valence-electron chi connectivity index (χ3n) is 7.88. The second kappa shape index (κ2) is 18.2. The minimum absolute atomic E-state index is 0.887. The first-order valence-electron chi connectivity index (χ1n) is 16.8. The Kier molecular flexibility index (Phi) is 12.7. The van der Waals surface area contributed by atoms with Crippen molar-refractivity contribution in [2.75, 3.05) is 11.5 Å². The summed E-state index contributed by atoms with van der Waals surface area (Å²) in [6.45, 7) is 0. The zero-order valence-electron chi connectivity index (χ0n) is 27.1. The second-order valence-corrected chi connectivity index (χ2v) is 13.9. The summed E-state index contributed by atoms with van der Waals surface area (Å²) in [7, 11) is 0. The minimum atomic E-state index is 0.887. The third-order valence-corrected chi connectivity index (χ3v) is 10.0. The predicted octanol–water partition coefficient (Wildman–Crippen LogP) is 10.7. The molecule has 242 valence electrons. The maximum absolute atomic E-state index is 4.88. The molecule has 0 atom stereocenters. The van der Waals surface area contributed by atoms with Crippen molar-refractivity contribution in [1.29, 1.82) is 0 Å². The van der Waals surface area contributed by atoms with Gasteiger partial charge in [-0.25, -0.2) is 9.97 Å². The van der Waals surface area contributed by atoms with Gasteiger partial charge < -0.3 is 0 Å². The minimum Gasteiger partial charge on any atom is -0.255 e. The first-order valence-corrected chi connectivity index (χ1v) is 18.7. The molecule has 0 amide bonds. The zero-order chi connectivity index (χ0) is 32.6. The quantitative estimate of drug-likeness (QED) is 0.0702. The van der Waals surface area contributed by atoms with Crippen LogP contribution >= 0.6 is 23.5 Å². The highest BCUT2D eigenvalue weighted by Crippen LogP contribution is 2.30. The Balaban J connectivity index is 0.895. The van der Waals surface area contributed by atoms with Gasteiger partial charge in [-0.1, -0.05) is 62.8 Å². The summed E-state index contributed by atoms with van der Waals surface area (Å²) < 4.78 is 0. The molecule has 0 bridgehead atoms. The fourth-order valence-corrected chi connectivity index (χ4v) is 7.35. The largest absolute Gasteiger partial charge is 0.255 e. The third kappa shape index (κ3) is 10.1. The van der Waals surface area contributed by atoms with Gasteiger partial charge in [-0.05, 0) is 97.1 Å². The van der Waals surface area contributed by atoms with Gasteiger partial charge in [0.2, 0.25) is 0 Å². The molecule has 6 aromatic heterocycles. The summed E-state index contributed by atoms with van der Waals surface area (Å²) in [6, 6.07) is 32.4. The Morgan fingerprint density at radius 2 is 0.625 bits per heavy atom. The van der Waals surface area contributed by atoms with E-state index in [-0.39, 0.29) is 0 Å². The van der Waals surface area contributed by atoms with Crippen molar-refractivity contribution in [2.24, 2.45) is 0 Å². The second-order valence-electron chi connectivity index (χ2n) is 11.5. The molecule has 0 saturated heterocycles. The summed E-state index contributed by atoms with van der Waals surface area (Å²) in [4.78, 5) is 30.3. The Labute approximate surface area is 292 Å². The van der Waals surface area contributed by atoms with E-state index in [1.165, 1.54) is 61.2 Å². The Bertz CT molecular complexity index is 1570. The topological polar surface area (TPSA) is 77.3 Å². The highest BCUT2D eigenvalue weighted by atomic mass is 32.2. The molecule has 48 heavy (non-hydrogen) atoms. The fraction of sp³-hybridized carbons (Fsp3) is 0.250. The van der Waals surface area contributed by atoms with Gasteiger partial charge in [-0.3, -0.25) is 19.9 Å². The number of hydrogen-bond acceptors (Lipinski definition) is 8. The molecule has 6 heterocycles. The van der Waals surface area contributed by atoms with Crippen molar-refractivity contribution < 1.29 is 0 Å². The van der Waals surface area contributed by atoms with Crippen LogP contribution in [0.4, 0.5) is 0 Å². The monoisotopic (exact) mass is 668 g/mol. The molecule has 8 heteroatoms. The molecule has 0 spiro atoms. The van der Waals surface area contributed by atoms with Crippen LogP contribution in [0.25, 0.3) is 45.6 Å². The van der Waals surface area contributed by atoms with Crippen molar-refractivity contribution in [3.05, 3.63) is 122 Å². The van der Waals surface area contributed by atoms with E-state index in [1.54, 1.807) is 0 Å². The predicted molar refractivity (Wildman–Crippen MR) is 200 cm³/mol. The first kappa shape index (κ1) is 33.5. The van der Waals surface area contributed by atoms with Gasteiger partial charge in [-0.2, -0.15) is 0 Å². The van der Waals surface area contributed by atoms with E-state index < -0.39 is 0 Å². The molecular weight excluding hydrogens is 629 g/mol. The SMILES string of the molecule is c1ccc(-c2cc(SCCCCCCCCCCSc3cc(-c4ccccn4)nc(-c4ccccn4)c3)cc(-c3ccccn3)n2)nc1. The zero-order valence-corrected chi connectivity index (χ0v) is 28.8. The van der Waals surface area contributed by atoms with Gasteiger partial charge in [0.05, 0.1) is 45.6 Å². The highest BCUT2D eigenvalue weighted by Gasteiger charge is 2.11. The average molecular weight is 669 g/mol. The van der Waals surface area contributed by atoms with Crippen molar-refractivity contribution in [1.82, 2.24) is 29.9 Å². The standard InChI is InChI=1S/C40H40N6S2/c1(3-5-15-25-47-31-27-37(33-17-7-11-21-41-33)45-38(28-31)34-18-8-12-22-42-34)2-4-6-16-26-48-32-29-39(35-19-9-13-23-43-35)46-40(30-32)36-20-10-14-24-44-36/h7-14,17-24,27-30H,1-6,15-16,25-26H2. The van der Waals surface area contributed by atoms with Crippen LogP contribution in [0.2, 0.25) is 0 Å². The molecule has 0 aliphatic carbocycles. The maximum Gasteiger partial charge on any atom is 0.0905 e. The highest BCUT2D eigenvalue weighted by molar-refractivity contribution is 7.99. The van der Waals surface area contributed by atoms with Crippen molar-refractivity contribution >= 4 is 23.5 Å². The molecule has 0 saturated carbocycles. The number of hydrogen-bond donors (Lipinski definition) is 0. The van der Waals surface area contributed by atoms with Gasteiger partial charge in [0.25, 0.3) is 0 Å². The lowest BCUT2D eigenvalue weighted by molar-refractivity contribution is 0.587. The Hall–Kier alpha value is -4.40. The smallest absolute Gasteiger partial charge is 0.0905 e. The molecule has 0 aliphatic heterocycles. The van der Waals surface area contributed by atoms with Crippen molar-refractivity contribution in [3.63, 3.8) is 0 Å². The Morgan fingerprint density at radius 1 is 0.333 bits per heavy atom. The molecule has 0 radical (unpaired) electrons. The van der Waals surface area contributed by atoms with Crippen molar-refractivity contribution in [2.45, 2.75) is 61.2 Å². The Morgan fingerprint density at radius 3 is 0.896 bits per heavy atom. The van der Waals surface area contributed by atoms with Gasteiger partial charge in [0.15, 0.2) is 0 Å². The van der Waals surface area contributed by atoms with E-state index in [0.29, 0.717) is 0 Å². The van der Waals surface area contributed by atoms with E-state index in [2.05, 4.69) is 44.2 Å². The molecule has 6 nitrogen and oxygen atoms in total. The van der Waals surface area contributed by atoms with Crippen LogP contribution in [0.5, 0.6) is 0 Å². The van der Waals surface area contributed by atoms with E-state index in [9.17, 15) is 0 Å². The summed E-state index contributed by atoms with van der Waals surface area (Å²) in [6.07, 6.45) is 17.5. The van der Waals surface area contributed by atoms with E-state index in [1.807, 2.05) is 121 Å². The molecule has 0 aromatic carbocycles. The van der Waals surface area contributed by atoms with E-state index >= 15 is 0 Å². The average Bonchev–Trinajstić information content (AvgIpc) is 3.16. The lowest BCUT2D eigenvalue weighted by Gasteiger charge is -2.09. The molecular formula is C40H40N6S2. The number of unbranched alkanes of at least 4 members (excludes halogenated alkanes) is 7. The van der Waals surface area contributed by atoms with Crippen LogP contribution in [0, 0.1) is 0 Å². The van der Waals surface area contributed by atoms with Gasteiger partial charge in [0.1, 0.15) is 0 Å². The molecule has 0 fully saturated rings. The van der Waals surface area contributed by atoms with Gasteiger partial charge in [0, 0.05) is 34.6 Å². The normalized spacial score (nSPS) is 11.1. The van der Waals surface area contributed by atoms with Crippen LogP contribution in [0.3, 0.4) is 0 Å². The number of thioether (sulfide) groups is 2. The van der Waals surface area contributed by atoms with Crippen LogP contribution in [0.1, 0.15) is 51.4 Å². The first-order chi connectivity index (χ1) is 23.8. The number of rotatable bonds is 17. The molecule has 6 rings (SSSR count). The van der Waals surface area contributed by atoms with Gasteiger partial charge in [-0.15, -0.1) is 23.5 Å². The summed E-state index contributed by atoms with van der Waals surface area (Å²) in [5, 5.41) is 0. The van der Waals surface area contributed by atoms with E-state index in [0.717, 1.165) is 57.1 Å². The van der Waals surface area contributed by atoms with Gasteiger partial charge >= 0.3 is 0 Å². The molecule has 0 N–H and O–H groups in total. The summed E-state index contributed by atoms with van der Waals surface area (Å²) >= 11 is 3.81. The van der Waals surface area contributed by atoms with Crippen LogP contribution < -0.4 is 0 Å². The molecule has 0 unspecified atom stereocenters. The fourth-order valence-electron chi connectivity index (χ4n) is 5.40. The lowest BCUT2D eigenvalue weighted by atomic mass is 10.1. The molecule has 0 aliphatic rings. The number of pyridine rings is 6. The van der Waals surface area contributed by atoms with Crippen LogP contribution in [0.15, 0.2) is 132 Å². The summed E-state index contributed by atoms with van der Waals surface area (Å²) in [5.41, 5.74) is 7.12. The summed E-state index contributed by atoms with van der Waals surface area (Å²) in [5.74, 6) is 2.20.